The molecule has 7 heteroatoms. The first-order valence-electron chi connectivity index (χ1n) is 5.48. The van der Waals surface area contributed by atoms with Crippen LogP contribution in [-0.4, -0.2) is 4.92 Å². The summed E-state index contributed by atoms with van der Waals surface area (Å²) in [5.41, 5.74) is 0.123. The number of rotatable bonds is 4. The molecule has 0 radical (unpaired) electrons. The minimum absolute atomic E-state index is 0.114. The molecule has 0 bridgehead atoms. The van der Waals surface area contributed by atoms with Gasteiger partial charge in [-0.15, -0.1) is 0 Å². The van der Waals surface area contributed by atoms with E-state index < -0.39 is 10.7 Å². The van der Waals surface area contributed by atoms with Crippen LogP contribution in [0.3, 0.4) is 0 Å². The Hall–Kier alpha value is -1.66. The normalized spacial score (nSPS) is 10.3. The van der Waals surface area contributed by atoms with Crippen molar-refractivity contribution in [2.45, 2.75) is 6.61 Å². The van der Waals surface area contributed by atoms with Gasteiger partial charge in [-0.3, -0.25) is 10.1 Å². The molecular formula is C13H8BrClFNO3. The summed E-state index contributed by atoms with van der Waals surface area (Å²) in [6.07, 6.45) is 0. The first kappa shape index (κ1) is 14.7. The van der Waals surface area contributed by atoms with Crippen LogP contribution in [0.1, 0.15) is 5.56 Å². The van der Waals surface area contributed by atoms with Crippen molar-refractivity contribution in [1.82, 2.24) is 0 Å². The number of hydrogen-bond acceptors (Lipinski definition) is 3. The summed E-state index contributed by atoms with van der Waals surface area (Å²) in [7, 11) is 0. The van der Waals surface area contributed by atoms with Gasteiger partial charge in [0.05, 0.1) is 20.0 Å². The van der Waals surface area contributed by atoms with Crippen LogP contribution >= 0.6 is 27.5 Å². The molecule has 0 saturated heterocycles. The second-order valence-corrected chi connectivity index (χ2v) is 5.12. The van der Waals surface area contributed by atoms with E-state index in [0.717, 1.165) is 0 Å². The fraction of sp³-hybridized carbons (Fsp3) is 0.0769. The van der Waals surface area contributed by atoms with Crippen molar-refractivity contribution in [3.8, 4) is 5.75 Å². The molecule has 0 amide bonds. The van der Waals surface area contributed by atoms with Crippen molar-refractivity contribution < 1.29 is 14.1 Å². The van der Waals surface area contributed by atoms with E-state index in [4.69, 9.17) is 16.3 Å². The van der Waals surface area contributed by atoms with Crippen LogP contribution in [0.5, 0.6) is 5.75 Å². The molecule has 0 saturated carbocycles. The Kier molecular flexibility index (Phi) is 4.57. The third kappa shape index (κ3) is 3.26. The lowest BCUT2D eigenvalue weighted by Gasteiger charge is -2.08. The minimum Gasteiger partial charge on any atom is -0.488 e. The van der Waals surface area contributed by atoms with Crippen LogP contribution in [0.15, 0.2) is 40.9 Å². The highest BCUT2D eigenvalue weighted by Gasteiger charge is 2.17. The second-order valence-electron chi connectivity index (χ2n) is 3.86. The lowest BCUT2D eigenvalue weighted by molar-refractivity contribution is -0.385. The van der Waals surface area contributed by atoms with Gasteiger partial charge in [0.15, 0.2) is 0 Å². The van der Waals surface area contributed by atoms with Crippen LogP contribution in [0.2, 0.25) is 5.02 Å². The summed E-state index contributed by atoms with van der Waals surface area (Å²) < 4.78 is 19.0. The Morgan fingerprint density at radius 1 is 1.35 bits per heavy atom. The van der Waals surface area contributed by atoms with Crippen LogP contribution in [-0.2, 0) is 6.61 Å². The van der Waals surface area contributed by atoms with Gasteiger partial charge in [0, 0.05) is 12.1 Å². The van der Waals surface area contributed by atoms with Crippen molar-refractivity contribution in [2.24, 2.45) is 0 Å². The van der Waals surface area contributed by atoms with Crippen LogP contribution in [0, 0.1) is 15.9 Å². The molecule has 0 aliphatic carbocycles. The Morgan fingerprint density at radius 2 is 2.10 bits per heavy atom. The molecule has 4 nitrogen and oxygen atoms in total. The lowest BCUT2D eigenvalue weighted by Crippen LogP contribution is -2.01. The van der Waals surface area contributed by atoms with E-state index in [-0.39, 0.29) is 28.6 Å². The molecule has 0 N–H and O–H groups in total. The van der Waals surface area contributed by atoms with Crippen molar-refractivity contribution in [1.29, 1.82) is 0 Å². The molecule has 0 aliphatic rings. The number of nitrogens with zero attached hydrogens (tertiary/aromatic N) is 1. The predicted molar refractivity (Wildman–Crippen MR) is 76.5 cm³/mol. The van der Waals surface area contributed by atoms with Crippen LogP contribution in [0.25, 0.3) is 0 Å². The largest absolute Gasteiger partial charge is 0.488 e. The van der Waals surface area contributed by atoms with E-state index in [1.165, 1.54) is 30.3 Å². The molecule has 0 spiro atoms. The summed E-state index contributed by atoms with van der Waals surface area (Å²) >= 11 is 8.96. The quantitative estimate of drug-likeness (QED) is 0.585. The highest BCUT2D eigenvalue weighted by Crippen LogP contribution is 2.28. The Balaban J connectivity index is 2.22. The third-order valence-corrected chi connectivity index (χ3v) is 3.56. The highest BCUT2D eigenvalue weighted by molar-refractivity contribution is 9.10. The van der Waals surface area contributed by atoms with Crippen molar-refractivity contribution in [3.05, 3.63) is 67.4 Å². The van der Waals surface area contributed by atoms with Crippen molar-refractivity contribution in [3.63, 3.8) is 0 Å². The Labute approximate surface area is 127 Å². The van der Waals surface area contributed by atoms with Gasteiger partial charge in [0.1, 0.15) is 18.2 Å². The summed E-state index contributed by atoms with van der Waals surface area (Å²) in [5, 5.41) is 11.1. The van der Waals surface area contributed by atoms with Gasteiger partial charge >= 0.3 is 0 Å². The molecule has 2 rings (SSSR count). The molecule has 20 heavy (non-hydrogen) atoms. The second kappa shape index (κ2) is 6.19. The van der Waals surface area contributed by atoms with Gasteiger partial charge in [-0.1, -0.05) is 17.7 Å². The molecule has 104 valence electrons. The van der Waals surface area contributed by atoms with Gasteiger partial charge in [-0.05, 0) is 34.1 Å². The van der Waals surface area contributed by atoms with Gasteiger partial charge in [0.2, 0.25) is 0 Å². The Bertz CT molecular complexity index is 666. The average molecular weight is 361 g/mol. The summed E-state index contributed by atoms with van der Waals surface area (Å²) in [6.45, 7) is -0.114. The number of nitro benzene ring substituents is 1. The zero-order valence-electron chi connectivity index (χ0n) is 9.98. The number of ether oxygens (including phenoxy) is 1. The molecule has 0 unspecified atom stereocenters. The molecule has 0 aliphatic heterocycles. The maximum Gasteiger partial charge on any atom is 0.277 e. The maximum atomic E-state index is 13.3. The van der Waals surface area contributed by atoms with Crippen LogP contribution in [0.4, 0.5) is 10.1 Å². The molecule has 2 aromatic carbocycles. The standard InChI is InChI=1S/C13H8BrClFNO3/c14-10-5-4-8(6-12(10)16)20-7-9-11(15)2-1-3-13(9)17(18)19/h1-6H,7H2. The number of benzene rings is 2. The maximum absolute atomic E-state index is 13.3. The Morgan fingerprint density at radius 3 is 2.75 bits per heavy atom. The number of halogens is 3. The zero-order valence-corrected chi connectivity index (χ0v) is 12.3. The molecule has 2 aromatic rings. The first-order valence-corrected chi connectivity index (χ1v) is 6.66. The van der Waals surface area contributed by atoms with E-state index in [9.17, 15) is 14.5 Å². The van der Waals surface area contributed by atoms with E-state index in [1.807, 2.05) is 0 Å². The molecule has 0 aromatic heterocycles. The summed E-state index contributed by atoms with van der Waals surface area (Å²) in [4.78, 5) is 10.4. The van der Waals surface area contributed by atoms with Crippen LogP contribution < -0.4 is 4.74 Å². The lowest BCUT2D eigenvalue weighted by atomic mass is 10.2. The van der Waals surface area contributed by atoms with E-state index in [2.05, 4.69) is 15.9 Å². The average Bonchev–Trinajstić information content (AvgIpc) is 2.40. The van der Waals surface area contributed by atoms with Gasteiger partial charge in [0.25, 0.3) is 5.69 Å². The monoisotopic (exact) mass is 359 g/mol. The van der Waals surface area contributed by atoms with E-state index in [0.29, 0.717) is 4.47 Å². The van der Waals surface area contributed by atoms with Crippen molar-refractivity contribution >= 4 is 33.2 Å². The summed E-state index contributed by atoms with van der Waals surface area (Å²) in [5.74, 6) is -0.212. The van der Waals surface area contributed by atoms with E-state index in [1.54, 1.807) is 6.07 Å². The number of nitro groups is 1. The topological polar surface area (TPSA) is 52.4 Å². The summed E-state index contributed by atoms with van der Waals surface area (Å²) in [6, 6.07) is 8.60. The number of hydrogen-bond donors (Lipinski definition) is 0. The van der Waals surface area contributed by atoms with Gasteiger partial charge in [-0.25, -0.2) is 4.39 Å². The zero-order chi connectivity index (χ0) is 14.7. The third-order valence-electron chi connectivity index (χ3n) is 2.57. The SMILES string of the molecule is O=[N+]([O-])c1cccc(Cl)c1COc1ccc(Br)c(F)c1. The van der Waals surface area contributed by atoms with Gasteiger partial charge < -0.3 is 4.74 Å². The van der Waals surface area contributed by atoms with Gasteiger partial charge in [-0.2, -0.15) is 0 Å². The molecule has 0 atom stereocenters. The fourth-order valence-corrected chi connectivity index (χ4v) is 2.05. The smallest absolute Gasteiger partial charge is 0.277 e. The fourth-order valence-electron chi connectivity index (χ4n) is 1.58. The molecule has 0 heterocycles. The molecular weight excluding hydrogens is 353 g/mol. The van der Waals surface area contributed by atoms with Crippen molar-refractivity contribution in [2.75, 3.05) is 0 Å². The molecule has 0 fully saturated rings. The highest BCUT2D eigenvalue weighted by atomic mass is 79.9. The minimum atomic E-state index is -0.535. The van der Waals surface area contributed by atoms with E-state index >= 15 is 0 Å². The predicted octanol–water partition coefficient (Wildman–Crippen LogP) is 4.73. The first-order chi connectivity index (χ1) is 9.49.